The molecule has 1 unspecified atom stereocenters. The van der Waals surface area contributed by atoms with Crippen LogP contribution in [0, 0.1) is 0 Å². The highest BCUT2D eigenvalue weighted by molar-refractivity contribution is 5.67. The van der Waals surface area contributed by atoms with Crippen LogP contribution in [-0.4, -0.2) is 81.8 Å². The summed E-state index contributed by atoms with van der Waals surface area (Å²) < 4.78 is 0. The first-order valence-corrected chi connectivity index (χ1v) is 7.91. The second-order valence-electron chi connectivity index (χ2n) is 5.49. The van der Waals surface area contributed by atoms with Gasteiger partial charge in [0.15, 0.2) is 0 Å². The minimum absolute atomic E-state index is 0.00694. The molecule has 0 aromatic carbocycles. The van der Waals surface area contributed by atoms with E-state index in [-0.39, 0.29) is 12.6 Å². The molecule has 0 saturated carbocycles. The third-order valence-electron chi connectivity index (χ3n) is 3.41. The maximum Gasteiger partial charge on any atom is 0.307 e. The van der Waals surface area contributed by atoms with Crippen LogP contribution in [0.25, 0.3) is 0 Å². The third kappa shape index (κ3) is 8.92. The molecule has 0 fully saturated rings. The zero-order valence-electron chi connectivity index (χ0n) is 15.2. The monoisotopic (exact) mass is 342 g/mol. The molecular formula is C16H30N4O4. The molecule has 24 heavy (non-hydrogen) atoms. The fourth-order valence-electron chi connectivity index (χ4n) is 2.15. The molecule has 2 N–H and O–H groups in total. The number of nitrogens with zero attached hydrogens (tertiary/aromatic N) is 4. The van der Waals surface area contributed by atoms with Crippen molar-refractivity contribution in [3.63, 3.8) is 0 Å². The van der Waals surface area contributed by atoms with Gasteiger partial charge in [0, 0.05) is 58.9 Å². The maximum atomic E-state index is 10.5. The molecule has 8 nitrogen and oxygen atoms in total. The Labute approximate surface area is 144 Å². The van der Waals surface area contributed by atoms with Gasteiger partial charge >= 0.3 is 5.97 Å². The van der Waals surface area contributed by atoms with E-state index in [0.717, 1.165) is 26.7 Å². The summed E-state index contributed by atoms with van der Waals surface area (Å²) in [6.45, 7) is 8.26. The van der Waals surface area contributed by atoms with Crippen LogP contribution in [0.2, 0.25) is 0 Å². The summed E-state index contributed by atoms with van der Waals surface area (Å²) in [4.78, 5) is 27.8. The van der Waals surface area contributed by atoms with Gasteiger partial charge in [0.2, 0.25) is 0 Å². The van der Waals surface area contributed by atoms with Crippen molar-refractivity contribution in [1.29, 1.82) is 0 Å². The van der Waals surface area contributed by atoms with Crippen molar-refractivity contribution in [3.8, 4) is 0 Å². The van der Waals surface area contributed by atoms with E-state index >= 15 is 0 Å². The molecule has 0 bridgehead atoms. The minimum Gasteiger partial charge on any atom is -0.481 e. The van der Waals surface area contributed by atoms with Crippen LogP contribution in [0.4, 0.5) is 0 Å². The van der Waals surface area contributed by atoms with Gasteiger partial charge in [-0.05, 0) is 13.8 Å². The number of aliphatic carboxylic acids is 2. The predicted octanol–water partition coefficient (Wildman–Crippen LogP) is 1.30. The van der Waals surface area contributed by atoms with Gasteiger partial charge in [0.05, 0.1) is 13.1 Å². The van der Waals surface area contributed by atoms with Crippen LogP contribution < -0.4 is 0 Å². The molecule has 138 valence electrons. The summed E-state index contributed by atoms with van der Waals surface area (Å²) in [7, 11) is 3.96. The Balaban J connectivity index is 0.000000379. The number of carbonyl (C=O) groups is 2. The highest BCUT2D eigenvalue weighted by Gasteiger charge is 2.24. The lowest BCUT2D eigenvalue weighted by molar-refractivity contribution is -0.139. The molecule has 0 aromatic heterocycles. The summed E-state index contributed by atoms with van der Waals surface area (Å²) in [6.07, 6.45) is 8.18. The van der Waals surface area contributed by atoms with Crippen LogP contribution >= 0.6 is 0 Å². The van der Waals surface area contributed by atoms with Crippen molar-refractivity contribution in [1.82, 2.24) is 19.6 Å². The van der Waals surface area contributed by atoms with E-state index in [1.807, 2.05) is 36.2 Å². The Morgan fingerprint density at radius 3 is 1.96 bits per heavy atom. The van der Waals surface area contributed by atoms with E-state index < -0.39 is 11.9 Å². The van der Waals surface area contributed by atoms with Crippen molar-refractivity contribution >= 4 is 11.9 Å². The van der Waals surface area contributed by atoms with Gasteiger partial charge in [-0.25, -0.2) is 0 Å². The predicted molar refractivity (Wildman–Crippen MR) is 92.8 cm³/mol. The van der Waals surface area contributed by atoms with Crippen LogP contribution in [0.3, 0.4) is 0 Å². The zero-order chi connectivity index (χ0) is 18.7. The topological polar surface area (TPSA) is 87.6 Å². The Hall–Kier alpha value is -2.38. The van der Waals surface area contributed by atoms with Gasteiger partial charge in [-0.3, -0.25) is 9.59 Å². The van der Waals surface area contributed by atoms with E-state index in [4.69, 9.17) is 15.0 Å². The zero-order valence-corrected chi connectivity index (χ0v) is 15.2. The van der Waals surface area contributed by atoms with Crippen LogP contribution in [0.5, 0.6) is 0 Å². The van der Waals surface area contributed by atoms with Gasteiger partial charge in [0.25, 0.3) is 5.97 Å². The van der Waals surface area contributed by atoms with Crippen LogP contribution in [0.1, 0.15) is 27.2 Å². The lowest BCUT2D eigenvalue weighted by Gasteiger charge is -2.27. The molecule has 2 heterocycles. The first kappa shape index (κ1) is 21.6. The van der Waals surface area contributed by atoms with E-state index in [0.29, 0.717) is 0 Å². The highest BCUT2D eigenvalue weighted by Crippen LogP contribution is 2.15. The average molecular weight is 342 g/mol. The van der Waals surface area contributed by atoms with Crippen molar-refractivity contribution in [3.05, 3.63) is 24.8 Å². The van der Waals surface area contributed by atoms with E-state index in [2.05, 4.69) is 36.2 Å². The molecule has 8 heteroatoms. The molecule has 0 saturated heterocycles. The van der Waals surface area contributed by atoms with E-state index in [1.54, 1.807) is 0 Å². The van der Waals surface area contributed by atoms with Crippen LogP contribution in [0.15, 0.2) is 24.8 Å². The van der Waals surface area contributed by atoms with Crippen molar-refractivity contribution in [2.45, 2.75) is 33.4 Å². The lowest BCUT2D eigenvalue weighted by Crippen LogP contribution is -2.38. The summed E-state index contributed by atoms with van der Waals surface area (Å²) in [5.74, 6) is -1.59. The molecule has 0 aliphatic carbocycles. The molecule has 2 aliphatic heterocycles. The number of hydrogen-bond donors (Lipinski definition) is 2. The Kier molecular flexibility index (Phi) is 10.1. The van der Waals surface area contributed by atoms with Gasteiger partial charge in [-0.1, -0.05) is 0 Å². The SMILES string of the molecule is CC(=O)O.CCN1C=CN(C)C1.CCN1C=CN(C)C1CC(=O)O. The number of carboxylic acid groups (broad SMARTS) is 2. The summed E-state index contributed by atoms with van der Waals surface area (Å²) in [6, 6.07) is 0. The fourth-order valence-corrected chi connectivity index (χ4v) is 2.15. The standard InChI is InChI=1S/C8H14N2O2.C6H12N2.C2H4O2/c1-3-10-5-4-9(2)7(10)6-8(11)12;1-3-8-5-4-7(2)6-8;1-2(3)4/h4-5,7H,3,6H2,1-2H3,(H,11,12);4-5H,3,6H2,1-2H3;1H3,(H,3,4). The molecular weight excluding hydrogens is 312 g/mol. The average Bonchev–Trinajstić information content (AvgIpc) is 3.05. The number of hydrogen-bond acceptors (Lipinski definition) is 6. The van der Waals surface area contributed by atoms with Crippen molar-refractivity contribution in [2.75, 3.05) is 33.9 Å². The maximum absolute atomic E-state index is 10.5. The minimum atomic E-state index is -0.833. The number of carboxylic acids is 2. The van der Waals surface area contributed by atoms with Gasteiger partial charge in [0.1, 0.15) is 6.17 Å². The van der Waals surface area contributed by atoms with E-state index in [9.17, 15) is 4.79 Å². The molecule has 0 amide bonds. The second kappa shape index (κ2) is 11.2. The van der Waals surface area contributed by atoms with Crippen molar-refractivity contribution < 1.29 is 19.8 Å². The Morgan fingerprint density at radius 1 is 1.04 bits per heavy atom. The second-order valence-corrected chi connectivity index (χ2v) is 5.49. The quantitative estimate of drug-likeness (QED) is 0.790. The van der Waals surface area contributed by atoms with Crippen molar-refractivity contribution in [2.24, 2.45) is 0 Å². The first-order valence-electron chi connectivity index (χ1n) is 7.91. The largest absolute Gasteiger partial charge is 0.481 e. The number of rotatable bonds is 4. The van der Waals surface area contributed by atoms with Gasteiger partial charge in [-0.15, -0.1) is 0 Å². The van der Waals surface area contributed by atoms with Gasteiger partial charge in [-0.2, -0.15) is 0 Å². The lowest BCUT2D eigenvalue weighted by atomic mass is 10.3. The summed E-state index contributed by atoms with van der Waals surface area (Å²) >= 11 is 0. The molecule has 0 radical (unpaired) electrons. The molecule has 0 spiro atoms. The molecule has 2 rings (SSSR count). The molecule has 2 aliphatic rings. The first-order chi connectivity index (χ1) is 11.2. The fraction of sp³-hybridized carbons (Fsp3) is 0.625. The van der Waals surface area contributed by atoms with E-state index in [1.165, 1.54) is 0 Å². The third-order valence-corrected chi connectivity index (χ3v) is 3.41. The highest BCUT2D eigenvalue weighted by atomic mass is 16.4. The van der Waals surface area contributed by atoms with Gasteiger partial charge < -0.3 is 29.8 Å². The molecule has 1 atom stereocenters. The Bertz CT molecular complexity index is 449. The normalized spacial score (nSPS) is 18.1. The molecule has 0 aromatic rings. The van der Waals surface area contributed by atoms with Crippen LogP contribution in [-0.2, 0) is 9.59 Å². The summed E-state index contributed by atoms with van der Waals surface area (Å²) in [5, 5.41) is 16.0. The Morgan fingerprint density at radius 2 is 1.62 bits per heavy atom. The smallest absolute Gasteiger partial charge is 0.307 e. The summed E-state index contributed by atoms with van der Waals surface area (Å²) in [5.41, 5.74) is 0.